The van der Waals surface area contributed by atoms with Gasteiger partial charge in [0.05, 0.1) is 6.33 Å². The Bertz CT molecular complexity index is 1250. The lowest BCUT2D eigenvalue weighted by Gasteiger charge is -2.11. The van der Waals surface area contributed by atoms with E-state index in [0.29, 0.717) is 39.6 Å². The van der Waals surface area contributed by atoms with E-state index in [2.05, 4.69) is 24.4 Å². The second-order valence-corrected chi connectivity index (χ2v) is 8.17. The molecule has 3 aliphatic rings. The molecule has 7 nitrogen and oxygen atoms in total. The Hall–Kier alpha value is -3.11. The summed E-state index contributed by atoms with van der Waals surface area (Å²) in [4.78, 5) is 13.8. The van der Waals surface area contributed by atoms with Crippen LogP contribution in [0.1, 0.15) is 5.56 Å². The van der Waals surface area contributed by atoms with Gasteiger partial charge in [0, 0.05) is 16.5 Å². The highest BCUT2D eigenvalue weighted by molar-refractivity contribution is 7.99. The maximum absolute atomic E-state index is 13.2. The number of fused-ring (bicyclic) bond motifs is 2. The van der Waals surface area contributed by atoms with Gasteiger partial charge in [-0.05, 0) is 48.0 Å². The Morgan fingerprint density at radius 2 is 1.90 bits per heavy atom. The molecule has 31 heavy (non-hydrogen) atoms. The molecule has 0 bridgehead atoms. The molecule has 0 amide bonds. The molecular weight excluding hydrogens is 448 g/mol. The van der Waals surface area contributed by atoms with Gasteiger partial charge in [-0.25, -0.2) is 15.0 Å². The van der Waals surface area contributed by atoms with Crippen LogP contribution in [0.25, 0.3) is 11.5 Å². The van der Waals surface area contributed by atoms with E-state index in [9.17, 15) is 8.78 Å². The van der Waals surface area contributed by atoms with Gasteiger partial charge in [-0.1, -0.05) is 29.8 Å². The van der Waals surface area contributed by atoms with Crippen molar-refractivity contribution in [3.8, 4) is 23.0 Å². The molecule has 11 heteroatoms. The number of hydrogen-bond donors (Lipinski definition) is 1. The van der Waals surface area contributed by atoms with Crippen molar-refractivity contribution in [3.05, 3.63) is 59.4 Å². The summed E-state index contributed by atoms with van der Waals surface area (Å²) >= 11 is 7.44. The van der Waals surface area contributed by atoms with Gasteiger partial charge >= 0.3 is 6.29 Å². The zero-order valence-electron chi connectivity index (χ0n) is 15.8. The smallest absolute Gasteiger partial charge is 0.395 e. The minimum absolute atomic E-state index is 0.0196. The number of anilines is 1. The van der Waals surface area contributed by atoms with Crippen LogP contribution >= 0.6 is 23.4 Å². The first-order chi connectivity index (χ1) is 14.9. The highest BCUT2D eigenvalue weighted by Gasteiger charge is 2.43. The first kappa shape index (κ1) is 19.8. The molecular formula is C20H14ClF2N5O2S. The number of aromatic nitrogens is 4. The molecule has 3 heterocycles. The highest BCUT2D eigenvalue weighted by Crippen LogP contribution is 2.43. The van der Waals surface area contributed by atoms with Crippen molar-refractivity contribution in [3.63, 3.8) is 0 Å². The predicted molar refractivity (Wildman–Crippen MR) is 111 cm³/mol. The third-order valence-electron chi connectivity index (χ3n) is 4.63. The average molecular weight is 462 g/mol. The largest absolute Gasteiger partial charge is 0.586 e. The van der Waals surface area contributed by atoms with E-state index < -0.39 is 6.29 Å². The van der Waals surface area contributed by atoms with Crippen LogP contribution in [0.3, 0.4) is 0 Å². The van der Waals surface area contributed by atoms with E-state index in [0.717, 1.165) is 5.56 Å². The molecule has 0 atom stereocenters. The Morgan fingerprint density at radius 1 is 1.10 bits per heavy atom. The topological polar surface area (TPSA) is 88.1 Å². The summed E-state index contributed by atoms with van der Waals surface area (Å²) in [5.74, 6) is 0.777. The zero-order valence-corrected chi connectivity index (χ0v) is 17.3. The van der Waals surface area contributed by atoms with Gasteiger partial charge < -0.3 is 19.8 Å². The van der Waals surface area contributed by atoms with Crippen LogP contribution in [0.5, 0.6) is 11.5 Å². The van der Waals surface area contributed by atoms with E-state index in [4.69, 9.17) is 17.3 Å². The molecule has 0 unspecified atom stereocenters. The summed E-state index contributed by atoms with van der Waals surface area (Å²) in [5, 5.41) is 1.10. The number of aryl methyl sites for hydroxylation is 2. The Morgan fingerprint density at radius 3 is 2.74 bits per heavy atom. The quantitative estimate of drug-likeness (QED) is 0.459. The second kappa shape index (κ2) is 7.54. The number of halogens is 3. The van der Waals surface area contributed by atoms with Crippen LogP contribution in [0.2, 0.25) is 5.02 Å². The van der Waals surface area contributed by atoms with E-state index in [1.165, 1.54) is 23.9 Å². The fourth-order valence-corrected chi connectivity index (χ4v) is 4.20. The van der Waals surface area contributed by atoms with Crippen molar-refractivity contribution >= 4 is 29.2 Å². The summed E-state index contributed by atoms with van der Waals surface area (Å²) in [6.45, 7) is 0.579. The number of nitrogen functional groups attached to an aromatic ring is 1. The standard InChI is InChI=1S/C20H14ClF2N5O2S/c21-13-4-2-1-3-11(13)7-8-28-10-25-17(24)16-18(28)27-19(26-16)31-12-5-6-14-15(9-12)30-20(22,23)29-14/h1-6,9-10H,7-8,24H2. The minimum Gasteiger partial charge on any atom is -0.395 e. The Labute approximate surface area is 184 Å². The number of hydrogen-bond acceptors (Lipinski definition) is 7. The van der Waals surface area contributed by atoms with Gasteiger partial charge in [0.15, 0.2) is 34.0 Å². The van der Waals surface area contributed by atoms with Crippen LogP contribution in [0, 0.1) is 0 Å². The lowest BCUT2D eigenvalue weighted by Crippen LogP contribution is -2.25. The van der Waals surface area contributed by atoms with E-state index >= 15 is 0 Å². The summed E-state index contributed by atoms with van der Waals surface area (Å²) in [6.07, 6.45) is -1.37. The van der Waals surface area contributed by atoms with Crippen molar-refractivity contribution in [2.24, 2.45) is 0 Å². The number of nitrogens with zero attached hydrogens (tertiary/aromatic N) is 4. The molecule has 0 aliphatic carbocycles. The molecule has 0 saturated carbocycles. The van der Waals surface area contributed by atoms with Gasteiger partial charge in [-0.3, -0.25) is 0 Å². The number of benzene rings is 2. The summed E-state index contributed by atoms with van der Waals surface area (Å²) in [7, 11) is 0. The van der Waals surface area contributed by atoms with E-state index in [1.807, 2.05) is 28.8 Å². The first-order valence-electron chi connectivity index (χ1n) is 9.17. The predicted octanol–water partition coefficient (Wildman–Crippen LogP) is 4.73. The SMILES string of the molecule is Nc1ncn(CCc2ccccc2Cl)c2nc(Sc3ccc4c(c3)OC(F)(F)O4)nc1-2. The Balaban J connectivity index is 1.40. The lowest BCUT2D eigenvalue weighted by molar-refractivity contribution is -0.286. The summed E-state index contributed by atoms with van der Waals surface area (Å²) in [6, 6.07) is 12.1. The second-order valence-electron chi connectivity index (χ2n) is 6.72. The van der Waals surface area contributed by atoms with Crippen LogP contribution < -0.4 is 15.2 Å². The number of imidazole rings is 1. The van der Waals surface area contributed by atoms with E-state index in [-0.39, 0.29) is 17.3 Å². The van der Waals surface area contributed by atoms with Crippen molar-refractivity contribution < 1.29 is 18.3 Å². The molecule has 3 aliphatic heterocycles. The number of alkyl halides is 2. The van der Waals surface area contributed by atoms with Crippen LogP contribution in [0.4, 0.5) is 14.6 Å². The average Bonchev–Trinajstić information content (AvgIpc) is 3.28. The Kier molecular flexibility index (Phi) is 4.82. The van der Waals surface area contributed by atoms with Crippen LogP contribution in [-0.4, -0.2) is 25.8 Å². The molecule has 0 aromatic heterocycles. The molecule has 158 valence electrons. The molecule has 5 rings (SSSR count). The number of rotatable bonds is 5. The fraction of sp³-hybridized carbons (Fsp3) is 0.150. The molecule has 0 spiro atoms. The maximum Gasteiger partial charge on any atom is 0.586 e. The maximum atomic E-state index is 13.2. The normalized spacial score (nSPS) is 14.3. The molecule has 2 aromatic carbocycles. The summed E-state index contributed by atoms with van der Waals surface area (Å²) < 4.78 is 37.2. The van der Waals surface area contributed by atoms with Crippen LogP contribution in [-0.2, 0) is 13.0 Å². The van der Waals surface area contributed by atoms with E-state index in [1.54, 1.807) is 12.4 Å². The van der Waals surface area contributed by atoms with Gasteiger partial charge in [0.2, 0.25) is 0 Å². The van der Waals surface area contributed by atoms with Crippen molar-refractivity contribution in [1.29, 1.82) is 0 Å². The fourth-order valence-electron chi connectivity index (χ4n) is 3.18. The van der Waals surface area contributed by atoms with Gasteiger partial charge in [0.1, 0.15) is 0 Å². The molecule has 2 aromatic rings. The monoisotopic (exact) mass is 461 g/mol. The zero-order chi connectivity index (χ0) is 21.6. The molecule has 0 fully saturated rings. The number of nitrogens with two attached hydrogens (primary N) is 1. The highest BCUT2D eigenvalue weighted by atomic mass is 35.5. The number of ether oxygens (including phenoxy) is 2. The van der Waals surface area contributed by atoms with Crippen molar-refractivity contribution in [2.45, 2.75) is 29.3 Å². The first-order valence-corrected chi connectivity index (χ1v) is 10.4. The van der Waals surface area contributed by atoms with Gasteiger partial charge in [-0.15, -0.1) is 8.78 Å². The molecule has 0 radical (unpaired) electrons. The van der Waals surface area contributed by atoms with Gasteiger partial charge in [0.25, 0.3) is 0 Å². The van der Waals surface area contributed by atoms with Gasteiger partial charge in [-0.2, -0.15) is 0 Å². The summed E-state index contributed by atoms with van der Waals surface area (Å²) in [5.41, 5.74) is 7.47. The minimum atomic E-state index is -3.66. The lowest BCUT2D eigenvalue weighted by atomic mass is 10.1. The third-order valence-corrected chi connectivity index (χ3v) is 5.86. The van der Waals surface area contributed by atoms with Crippen molar-refractivity contribution in [1.82, 2.24) is 19.5 Å². The van der Waals surface area contributed by atoms with Crippen molar-refractivity contribution in [2.75, 3.05) is 5.73 Å². The van der Waals surface area contributed by atoms with Crippen LogP contribution in [0.15, 0.2) is 58.8 Å². The molecule has 2 N–H and O–H groups in total. The molecule has 0 saturated heterocycles. The third kappa shape index (κ3) is 3.96.